The number of ether oxygens (including phenoxy) is 1. The van der Waals surface area contributed by atoms with Crippen LogP contribution in [-0.4, -0.2) is 87.3 Å². The minimum atomic E-state index is -2.38. The Morgan fingerprint density at radius 2 is 2.00 bits per heavy atom. The van der Waals surface area contributed by atoms with Gasteiger partial charge in [0.15, 0.2) is 6.23 Å². The molecule has 2 amide bonds. The van der Waals surface area contributed by atoms with E-state index in [1.807, 2.05) is 50.8 Å². The second-order valence-electron chi connectivity index (χ2n) is 11.7. The van der Waals surface area contributed by atoms with Crippen molar-refractivity contribution in [1.29, 1.82) is 0 Å². The summed E-state index contributed by atoms with van der Waals surface area (Å²) in [5.41, 5.74) is -0.723. The molecule has 1 aromatic rings. The van der Waals surface area contributed by atoms with Gasteiger partial charge in [0.05, 0.1) is 19.2 Å². The molecule has 5 aliphatic heterocycles. The van der Waals surface area contributed by atoms with Gasteiger partial charge in [0, 0.05) is 30.6 Å². The lowest BCUT2D eigenvalue weighted by atomic mass is 9.71. The Balaban J connectivity index is 1.60. The molecule has 0 aliphatic carbocycles. The van der Waals surface area contributed by atoms with E-state index in [2.05, 4.69) is 0 Å². The summed E-state index contributed by atoms with van der Waals surface area (Å²) in [5.74, 6) is -0.973. The summed E-state index contributed by atoms with van der Waals surface area (Å²) in [6, 6.07) is 3.78. The first-order valence-electron chi connectivity index (χ1n) is 13.0. The van der Waals surface area contributed by atoms with Gasteiger partial charge in [0.25, 0.3) is 5.91 Å². The topological polar surface area (TPSA) is 112 Å². The number of aliphatic hydroxyl groups excluding tert-OH is 1. The SMILES string of the molecule is COc1ccc2c(c1)N1[C@@H]3[C@H]2[C@H](O)[C@@]2(O)C(=O)N4CCC[C@H]4C(=O)N2[C@H]3CC(C)(C)OO[C@H]1C=C(C)C. The van der Waals surface area contributed by atoms with E-state index < -0.39 is 53.6 Å². The lowest BCUT2D eigenvalue weighted by molar-refractivity contribution is -0.380. The van der Waals surface area contributed by atoms with Crippen LogP contribution < -0.4 is 9.64 Å². The Labute approximate surface area is 216 Å². The summed E-state index contributed by atoms with van der Waals surface area (Å²) in [6.45, 7) is 8.04. The number of piperazine rings is 1. The molecule has 10 nitrogen and oxygen atoms in total. The zero-order valence-corrected chi connectivity index (χ0v) is 21.9. The van der Waals surface area contributed by atoms with Crippen LogP contribution in [0.3, 0.4) is 0 Å². The highest BCUT2D eigenvalue weighted by atomic mass is 17.2. The average Bonchev–Trinajstić information content (AvgIpc) is 3.46. The number of carbonyl (C=O) groups excluding carboxylic acids is 2. The number of fused-ring (bicyclic) bond motifs is 6. The number of benzene rings is 1. The molecule has 0 aromatic heterocycles. The van der Waals surface area contributed by atoms with Crippen molar-refractivity contribution >= 4 is 17.5 Å². The molecule has 0 bridgehead atoms. The number of amides is 2. The van der Waals surface area contributed by atoms with Crippen LogP contribution in [0, 0.1) is 0 Å². The van der Waals surface area contributed by atoms with Crippen molar-refractivity contribution in [2.45, 2.75) is 94.7 Å². The van der Waals surface area contributed by atoms with Crippen molar-refractivity contribution in [1.82, 2.24) is 9.80 Å². The summed E-state index contributed by atoms with van der Waals surface area (Å²) in [5, 5.41) is 24.0. The third kappa shape index (κ3) is 3.32. The predicted molar refractivity (Wildman–Crippen MR) is 132 cm³/mol. The van der Waals surface area contributed by atoms with Gasteiger partial charge in [-0.15, -0.1) is 0 Å². The molecular formula is C27H35N3O7. The van der Waals surface area contributed by atoms with E-state index in [1.54, 1.807) is 13.2 Å². The van der Waals surface area contributed by atoms with Crippen LogP contribution in [0.15, 0.2) is 29.8 Å². The molecule has 5 aliphatic rings. The highest BCUT2D eigenvalue weighted by Crippen LogP contribution is 2.56. The number of aliphatic hydroxyl groups is 2. The molecule has 4 saturated heterocycles. The maximum Gasteiger partial charge on any atom is 0.279 e. The van der Waals surface area contributed by atoms with Crippen LogP contribution in [0.1, 0.15) is 58.4 Å². The third-order valence-corrected chi connectivity index (χ3v) is 8.58. The fraction of sp³-hybridized carbons (Fsp3) is 0.630. The Morgan fingerprint density at radius 1 is 1.24 bits per heavy atom. The zero-order valence-electron chi connectivity index (χ0n) is 21.9. The molecule has 37 heavy (non-hydrogen) atoms. The van der Waals surface area contributed by atoms with E-state index in [0.717, 1.165) is 16.8 Å². The first kappa shape index (κ1) is 24.7. The lowest BCUT2D eigenvalue weighted by Crippen LogP contribution is -2.82. The number of rotatable bonds is 2. The van der Waals surface area contributed by atoms with Crippen molar-refractivity contribution in [3.05, 3.63) is 35.4 Å². The van der Waals surface area contributed by atoms with Gasteiger partial charge in [-0.3, -0.25) is 14.5 Å². The van der Waals surface area contributed by atoms with Gasteiger partial charge in [-0.05, 0) is 58.2 Å². The van der Waals surface area contributed by atoms with Crippen LogP contribution in [0.2, 0.25) is 0 Å². The Morgan fingerprint density at radius 3 is 2.70 bits per heavy atom. The van der Waals surface area contributed by atoms with E-state index in [0.29, 0.717) is 25.1 Å². The molecule has 10 heteroatoms. The molecule has 7 atom stereocenters. The van der Waals surface area contributed by atoms with E-state index in [-0.39, 0.29) is 12.3 Å². The fourth-order valence-electron chi connectivity index (χ4n) is 7.13. The monoisotopic (exact) mass is 513 g/mol. The number of nitrogens with zero attached hydrogens (tertiary/aromatic N) is 3. The number of hydrogen-bond donors (Lipinski definition) is 2. The van der Waals surface area contributed by atoms with Crippen LogP contribution in [-0.2, 0) is 19.4 Å². The first-order chi connectivity index (χ1) is 17.5. The summed E-state index contributed by atoms with van der Waals surface area (Å²) in [7, 11) is 1.58. The highest BCUT2D eigenvalue weighted by Gasteiger charge is 2.71. The van der Waals surface area contributed by atoms with Gasteiger partial charge in [0.2, 0.25) is 11.6 Å². The van der Waals surface area contributed by atoms with Gasteiger partial charge in [-0.2, -0.15) is 0 Å². The molecule has 1 aromatic carbocycles. The highest BCUT2D eigenvalue weighted by molar-refractivity contribution is 6.00. The summed E-state index contributed by atoms with van der Waals surface area (Å²) in [4.78, 5) is 44.6. The number of carbonyl (C=O) groups is 2. The Hall–Kier alpha value is -2.66. The standard InChI is InChI=1S/C27H35N3O7/c1-14(2)11-20-29-18-12-15(35-5)8-9-16(18)21-22(29)19(13-26(3,4)37-36-20)30-24(32)17-7-6-10-28(17)25(33)27(30,34)23(21)31/h8-9,11-12,17,19-23,31,34H,6-7,10,13H2,1-5H3/t17-,19-,20-,21-,22-,23-,27+/m0/s1. The van der Waals surface area contributed by atoms with E-state index >= 15 is 0 Å². The van der Waals surface area contributed by atoms with Crippen LogP contribution in [0.4, 0.5) is 5.69 Å². The third-order valence-electron chi connectivity index (χ3n) is 8.58. The molecule has 0 saturated carbocycles. The zero-order chi connectivity index (χ0) is 26.4. The van der Waals surface area contributed by atoms with Crippen LogP contribution >= 0.6 is 0 Å². The quantitative estimate of drug-likeness (QED) is 0.454. The Kier molecular flexibility index (Phi) is 5.44. The van der Waals surface area contributed by atoms with Crippen molar-refractivity contribution in [3.8, 4) is 5.75 Å². The molecular weight excluding hydrogens is 478 g/mol. The maximum absolute atomic E-state index is 14.0. The molecule has 2 N–H and O–H groups in total. The fourth-order valence-corrected chi connectivity index (χ4v) is 7.13. The average molecular weight is 514 g/mol. The van der Waals surface area contributed by atoms with E-state index in [9.17, 15) is 19.8 Å². The smallest absolute Gasteiger partial charge is 0.279 e. The lowest BCUT2D eigenvalue weighted by Gasteiger charge is -2.60. The normalized spacial score (nSPS) is 37.8. The largest absolute Gasteiger partial charge is 0.497 e. The van der Waals surface area contributed by atoms with Crippen LogP contribution in [0.5, 0.6) is 5.75 Å². The second kappa shape index (κ2) is 8.17. The molecule has 0 spiro atoms. The van der Waals surface area contributed by atoms with Gasteiger partial charge in [-0.1, -0.05) is 11.6 Å². The summed E-state index contributed by atoms with van der Waals surface area (Å²) in [6.07, 6.45) is 1.22. The molecule has 0 radical (unpaired) electrons. The van der Waals surface area contributed by atoms with Gasteiger partial charge >= 0.3 is 0 Å². The second-order valence-corrected chi connectivity index (χ2v) is 11.7. The number of methoxy groups -OCH3 is 1. The molecule has 6 rings (SSSR count). The van der Waals surface area contributed by atoms with E-state index in [4.69, 9.17) is 14.5 Å². The van der Waals surface area contributed by atoms with Crippen molar-refractivity contribution < 1.29 is 34.3 Å². The van der Waals surface area contributed by atoms with Gasteiger partial charge in [0.1, 0.15) is 23.5 Å². The molecule has 200 valence electrons. The molecule has 5 heterocycles. The Bertz CT molecular complexity index is 1180. The minimum Gasteiger partial charge on any atom is -0.497 e. The van der Waals surface area contributed by atoms with Crippen LogP contribution in [0.25, 0.3) is 0 Å². The minimum absolute atomic E-state index is 0.290. The summed E-state index contributed by atoms with van der Waals surface area (Å²) >= 11 is 0. The molecule has 4 fully saturated rings. The predicted octanol–water partition coefficient (Wildman–Crippen LogP) is 1.66. The van der Waals surface area contributed by atoms with Crippen molar-refractivity contribution in [2.75, 3.05) is 18.6 Å². The number of allylic oxidation sites excluding steroid dienone is 1. The van der Waals surface area contributed by atoms with Crippen molar-refractivity contribution in [3.63, 3.8) is 0 Å². The van der Waals surface area contributed by atoms with Gasteiger partial charge in [-0.25, -0.2) is 9.78 Å². The van der Waals surface area contributed by atoms with Gasteiger partial charge < -0.3 is 24.7 Å². The first-order valence-corrected chi connectivity index (χ1v) is 13.0. The number of piperidine rings is 1. The maximum atomic E-state index is 14.0. The number of anilines is 1. The summed E-state index contributed by atoms with van der Waals surface area (Å²) < 4.78 is 5.51. The van der Waals surface area contributed by atoms with E-state index in [1.165, 1.54) is 9.80 Å². The number of hydrogen-bond acceptors (Lipinski definition) is 8. The van der Waals surface area contributed by atoms with Crippen molar-refractivity contribution in [2.24, 2.45) is 0 Å². The molecule has 0 unspecified atom stereocenters.